The average Bonchev–Trinajstić information content (AvgIpc) is 2.73. The second-order valence-corrected chi connectivity index (χ2v) is 6.14. The Morgan fingerprint density at radius 1 is 0.889 bits per heavy atom. The molecule has 1 atom stereocenters. The fourth-order valence-electron chi connectivity index (χ4n) is 2.43. The summed E-state index contributed by atoms with van der Waals surface area (Å²) in [5.74, 6) is 0.686. The minimum atomic E-state index is -0.204. The molecule has 0 saturated carbocycles. The van der Waals surface area contributed by atoms with Crippen molar-refractivity contribution in [2.75, 3.05) is 13.2 Å². The van der Waals surface area contributed by atoms with Gasteiger partial charge in [-0.15, -0.1) is 0 Å². The summed E-state index contributed by atoms with van der Waals surface area (Å²) in [4.78, 5) is 8.22. The molecule has 5 heteroatoms. The van der Waals surface area contributed by atoms with Crippen LogP contribution in [0.1, 0.15) is 16.7 Å². The molecule has 0 bridgehead atoms. The first kappa shape index (κ1) is 18.8. The second-order valence-electron chi connectivity index (χ2n) is 6.14. The van der Waals surface area contributed by atoms with Crippen LogP contribution in [0, 0.1) is 0 Å². The molecule has 0 fully saturated rings. The summed E-state index contributed by atoms with van der Waals surface area (Å²) in [6, 6.07) is 15.6. The molecule has 0 aliphatic carbocycles. The van der Waals surface area contributed by atoms with Crippen LogP contribution in [-0.2, 0) is 11.3 Å². The molecule has 2 N–H and O–H groups in total. The van der Waals surface area contributed by atoms with Gasteiger partial charge in [0, 0.05) is 18.6 Å². The van der Waals surface area contributed by atoms with Crippen LogP contribution in [0.25, 0.3) is 12.2 Å². The van der Waals surface area contributed by atoms with E-state index >= 15 is 0 Å². The van der Waals surface area contributed by atoms with Gasteiger partial charge >= 0.3 is 0 Å². The summed E-state index contributed by atoms with van der Waals surface area (Å²) in [5, 5.41) is 0. The Morgan fingerprint density at radius 2 is 1.67 bits per heavy atom. The van der Waals surface area contributed by atoms with E-state index in [1.807, 2.05) is 60.7 Å². The molecule has 0 aliphatic heterocycles. The molecule has 0 amide bonds. The van der Waals surface area contributed by atoms with Crippen molar-refractivity contribution >= 4 is 12.2 Å². The minimum Gasteiger partial charge on any atom is -0.490 e. The molecule has 27 heavy (non-hydrogen) atoms. The summed E-state index contributed by atoms with van der Waals surface area (Å²) >= 11 is 0. The smallest absolute Gasteiger partial charge is 0.138 e. The van der Waals surface area contributed by atoms with Gasteiger partial charge in [-0.1, -0.05) is 42.5 Å². The molecular formula is C22H23N3O2. The van der Waals surface area contributed by atoms with Crippen molar-refractivity contribution in [3.8, 4) is 5.75 Å². The lowest BCUT2D eigenvalue weighted by Gasteiger charge is -2.13. The highest BCUT2D eigenvalue weighted by Gasteiger charge is 2.05. The number of nitrogens with two attached hydrogens (primary N) is 1. The van der Waals surface area contributed by atoms with Crippen LogP contribution in [-0.4, -0.2) is 29.2 Å². The van der Waals surface area contributed by atoms with E-state index in [1.54, 1.807) is 24.8 Å². The second kappa shape index (κ2) is 10.2. The molecule has 138 valence electrons. The maximum Gasteiger partial charge on any atom is 0.138 e. The average molecular weight is 361 g/mol. The fraction of sp³-hybridized carbons (Fsp3) is 0.182. The van der Waals surface area contributed by atoms with Crippen LogP contribution in [0.3, 0.4) is 0 Å². The van der Waals surface area contributed by atoms with E-state index in [9.17, 15) is 0 Å². The van der Waals surface area contributed by atoms with Crippen molar-refractivity contribution in [3.05, 3.63) is 90.0 Å². The summed E-state index contributed by atoms with van der Waals surface area (Å²) in [6.07, 6.45) is 11.0. The van der Waals surface area contributed by atoms with Gasteiger partial charge in [-0.25, -0.2) is 0 Å². The molecule has 3 rings (SSSR count). The number of hydrogen-bond donors (Lipinski definition) is 1. The number of ether oxygens (including phenoxy) is 2. The van der Waals surface area contributed by atoms with E-state index in [4.69, 9.17) is 15.2 Å². The third kappa shape index (κ3) is 6.66. The molecule has 2 heterocycles. The van der Waals surface area contributed by atoms with Gasteiger partial charge in [0.1, 0.15) is 12.4 Å². The quantitative estimate of drug-likeness (QED) is 0.631. The monoisotopic (exact) mass is 361 g/mol. The molecule has 0 spiro atoms. The summed E-state index contributed by atoms with van der Waals surface area (Å²) in [5.41, 5.74) is 9.23. The van der Waals surface area contributed by atoms with Gasteiger partial charge in [0.2, 0.25) is 0 Å². The van der Waals surface area contributed by atoms with Gasteiger partial charge in [0.15, 0.2) is 0 Å². The zero-order chi connectivity index (χ0) is 18.7. The maximum absolute atomic E-state index is 6.07. The molecule has 3 aromatic rings. The summed E-state index contributed by atoms with van der Waals surface area (Å²) in [6.45, 7) is 1.35. The van der Waals surface area contributed by atoms with E-state index in [2.05, 4.69) is 9.97 Å². The Hall–Kier alpha value is -3.02. The number of benzene rings is 1. The van der Waals surface area contributed by atoms with Crippen LogP contribution in [0.15, 0.2) is 73.3 Å². The first-order valence-electron chi connectivity index (χ1n) is 8.83. The van der Waals surface area contributed by atoms with E-state index in [0.717, 1.165) is 16.7 Å². The van der Waals surface area contributed by atoms with Crippen LogP contribution in [0.4, 0.5) is 0 Å². The lowest BCUT2D eigenvalue weighted by atomic mass is 10.2. The molecular weight excluding hydrogens is 338 g/mol. The first-order chi connectivity index (χ1) is 13.3. The lowest BCUT2D eigenvalue weighted by molar-refractivity contribution is 0.0935. The number of nitrogens with zero attached hydrogens (tertiary/aromatic N) is 2. The number of hydrogen-bond acceptors (Lipinski definition) is 5. The predicted molar refractivity (Wildman–Crippen MR) is 107 cm³/mol. The van der Waals surface area contributed by atoms with E-state index in [0.29, 0.717) is 25.6 Å². The zero-order valence-electron chi connectivity index (χ0n) is 15.1. The molecule has 2 aromatic heterocycles. The molecule has 0 aliphatic rings. The predicted octanol–water partition coefficient (Wildman–Crippen LogP) is 3.57. The van der Waals surface area contributed by atoms with E-state index in [-0.39, 0.29) is 6.04 Å². The highest BCUT2D eigenvalue weighted by Crippen LogP contribution is 2.14. The van der Waals surface area contributed by atoms with Crippen molar-refractivity contribution in [1.29, 1.82) is 0 Å². The zero-order valence-corrected chi connectivity index (χ0v) is 15.1. The standard InChI is InChI=1S/C22H23N3O2/c23-21(16-26-15-19-4-2-1-3-5-19)17-27-22-12-20(13-25-14-22)7-6-18-8-10-24-11-9-18/h1-14,21H,15-17,23H2/b7-6+/t21-/m1/s1. The highest BCUT2D eigenvalue weighted by atomic mass is 16.5. The SMILES string of the molecule is N[C@H](COCc1ccccc1)COc1cncc(/C=C/c2ccncc2)c1. The lowest BCUT2D eigenvalue weighted by Crippen LogP contribution is -2.32. The Morgan fingerprint density at radius 3 is 2.48 bits per heavy atom. The Kier molecular flexibility index (Phi) is 7.09. The van der Waals surface area contributed by atoms with Gasteiger partial charge in [0.25, 0.3) is 0 Å². The van der Waals surface area contributed by atoms with Crippen LogP contribution in [0.2, 0.25) is 0 Å². The van der Waals surface area contributed by atoms with Crippen LogP contribution < -0.4 is 10.5 Å². The van der Waals surface area contributed by atoms with Gasteiger partial charge < -0.3 is 15.2 Å². The fourth-order valence-corrected chi connectivity index (χ4v) is 2.43. The van der Waals surface area contributed by atoms with Crippen molar-refractivity contribution in [2.24, 2.45) is 5.73 Å². The molecule has 0 unspecified atom stereocenters. The van der Waals surface area contributed by atoms with Crippen LogP contribution >= 0.6 is 0 Å². The third-order valence-electron chi connectivity index (χ3n) is 3.82. The molecule has 5 nitrogen and oxygen atoms in total. The van der Waals surface area contributed by atoms with Gasteiger partial charge in [-0.2, -0.15) is 0 Å². The maximum atomic E-state index is 6.07. The summed E-state index contributed by atoms with van der Waals surface area (Å²) < 4.78 is 11.4. The van der Waals surface area contributed by atoms with Crippen molar-refractivity contribution in [1.82, 2.24) is 9.97 Å². The topological polar surface area (TPSA) is 70.3 Å². The van der Waals surface area contributed by atoms with Crippen molar-refractivity contribution in [2.45, 2.75) is 12.6 Å². The Balaban J connectivity index is 1.44. The van der Waals surface area contributed by atoms with Crippen molar-refractivity contribution < 1.29 is 9.47 Å². The number of rotatable bonds is 9. The molecule has 0 saturated heterocycles. The highest BCUT2D eigenvalue weighted by molar-refractivity contribution is 5.69. The Bertz CT molecular complexity index is 838. The van der Waals surface area contributed by atoms with E-state index in [1.165, 1.54) is 0 Å². The van der Waals surface area contributed by atoms with E-state index < -0.39 is 0 Å². The molecule has 0 radical (unpaired) electrons. The number of pyridine rings is 2. The Labute approximate surface area is 159 Å². The van der Waals surface area contributed by atoms with Gasteiger partial charge in [0.05, 0.1) is 25.5 Å². The summed E-state index contributed by atoms with van der Waals surface area (Å²) in [7, 11) is 0. The van der Waals surface area contributed by atoms with Gasteiger partial charge in [-0.3, -0.25) is 9.97 Å². The third-order valence-corrected chi connectivity index (χ3v) is 3.82. The normalized spacial score (nSPS) is 12.2. The molecule has 1 aromatic carbocycles. The van der Waals surface area contributed by atoms with Crippen LogP contribution in [0.5, 0.6) is 5.75 Å². The van der Waals surface area contributed by atoms with Crippen molar-refractivity contribution in [3.63, 3.8) is 0 Å². The minimum absolute atomic E-state index is 0.204. The first-order valence-corrected chi connectivity index (χ1v) is 8.83. The largest absolute Gasteiger partial charge is 0.490 e. The number of aromatic nitrogens is 2. The van der Waals surface area contributed by atoms with Gasteiger partial charge in [-0.05, 0) is 34.9 Å².